The Kier molecular flexibility index (Phi) is 2.69. The molecule has 3 nitrogen and oxygen atoms in total. The van der Waals surface area contributed by atoms with Crippen LogP contribution in [0.1, 0.15) is 12.8 Å². The van der Waals surface area contributed by atoms with Crippen LogP contribution < -0.4 is 4.74 Å². The first-order valence-corrected chi connectivity index (χ1v) is 6.88. The summed E-state index contributed by atoms with van der Waals surface area (Å²) in [6, 6.07) is 6.58. The molecule has 0 aromatic heterocycles. The minimum absolute atomic E-state index is 0.335. The van der Waals surface area contributed by atoms with E-state index in [-0.39, 0.29) is 0 Å². The van der Waals surface area contributed by atoms with E-state index >= 15 is 0 Å². The van der Waals surface area contributed by atoms with E-state index in [1.165, 1.54) is 19.1 Å². The molecule has 0 unspecified atom stereocenters. The molecule has 0 radical (unpaired) electrons. The lowest BCUT2D eigenvalue weighted by Crippen LogP contribution is -2.00. The number of benzene rings is 1. The van der Waals surface area contributed by atoms with E-state index < -0.39 is 9.84 Å². The van der Waals surface area contributed by atoms with Gasteiger partial charge in [-0.2, -0.15) is 0 Å². The van der Waals surface area contributed by atoms with Crippen molar-refractivity contribution in [1.82, 2.24) is 0 Å². The molecule has 0 saturated heterocycles. The van der Waals surface area contributed by atoms with Crippen LogP contribution in [0.2, 0.25) is 0 Å². The van der Waals surface area contributed by atoms with Gasteiger partial charge >= 0.3 is 0 Å². The van der Waals surface area contributed by atoms with Gasteiger partial charge in [-0.1, -0.05) is 0 Å². The maximum atomic E-state index is 11.2. The molecule has 0 amide bonds. The van der Waals surface area contributed by atoms with Gasteiger partial charge in [-0.25, -0.2) is 8.42 Å². The molecule has 0 spiro atoms. The highest BCUT2D eigenvalue weighted by Crippen LogP contribution is 2.29. The van der Waals surface area contributed by atoms with Gasteiger partial charge in [0.05, 0.1) is 11.5 Å². The summed E-state index contributed by atoms with van der Waals surface area (Å²) in [4.78, 5) is 0.335. The van der Waals surface area contributed by atoms with Gasteiger partial charge in [-0.15, -0.1) is 0 Å². The van der Waals surface area contributed by atoms with E-state index in [9.17, 15) is 8.42 Å². The first-order chi connectivity index (χ1) is 7.05. The summed E-state index contributed by atoms with van der Waals surface area (Å²) in [5, 5.41) is 0. The van der Waals surface area contributed by atoms with Crippen LogP contribution in [0.4, 0.5) is 0 Å². The fourth-order valence-electron chi connectivity index (χ4n) is 1.28. The first-order valence-electron chi connectivity index (χ1n) is 4.98. The summed E-state index contributed by atoms with van der Waals surface area (Å²) in [6.07, 6.45) is 3.70. The van der Waals surface area contributed by atoms with Crippen LogP contribution in [0.3, 0.4) is 0 Å². The Morgan fingerprint density at radius 1 is 1.27 bits per heavy atom. The molecule has 1 saturated carbocycles. The molecule has 82 valence electrons. The average molecular weight is 226 g/mol. The van der Waals surface area contributed by atoms with Crippen molar-refractivity contribution < 1.29 is 13.2 Å². The van der Waals surface area contributed by atoms with Crippen LogP contribution in [0.5, 0.6) is 5.75 Å². The predicted octanol–water partition coefficient (Wildman–Crippen LogP) is 1.88. The number of hydrogen-bond acceptors (Lipinski definition) is 3. The van der Waals surface area contributed by atoms with E-state index in [2.05, 4.69) is 0 Å². The average Bonchev–Trinajstić information content (AvgIpc) is 2.97. The normalized spacial score (nSPS) is 16.3. The lowest BCUT2D eigenvalue weighted by molar-refractivity contribution is 0.299. The van der Waals surface area contributed by atoms with Gasteiger partial charge in [-0.05, 0) is 43.0 Å². The molecule has 1 aliphatic rings. The van der Waals surface area contributed by atoms with Crippen LogP contribution in [0.15, 0.2) is 29.2 Å². The lowest BCUT2D eigenvalue weighted by atomic mass is 10.3. The third-order valence-corrected chi connectivity index (χ3v) is 3.56. The summed E-state index contributed by atoms with van der Waals surface area (Å²) in [5.41, 5.74) is 0. The number of rotatable bonds is 4. The van der Waals surface area contributed by atoms with E-state index in [1.54, 1.807) is 24.3 Å². The second-order valence-corrected chi connectivity index (χ2v) is 6.01. The minimum Gasteiger partial charge on any atom is -0.493 e. The topological polar surface area (TPSA) is 43.4 Å². The van der Waals surface area contributed by atoms with E-state index in [0.29, 0.717) is 10.8 Å². The van der Waals surface area contributed by atoms with E-state index in [0.717, 1.165) is 12.4 Å². The molecular formula is C11H14O3S. The van der Waals surface area contributed by atoms with Gasteiger partial charge < -0.3 is 4.74 Å². The molecule has 1 aromatic rings. The number of sulfone groups is 1. The second-order valence-electron chi connectivity index (χ2n) is 4.00. The van der Waals surface area contributed by atoms with Crippen molar-refractivity contribution in [3.8, 4) is 5.75 Å². The van der Waals surface area contributed by atoms with Gasteiger partial charge in [0.2, 0.25) is 0 Å². The Hall–Kier alpha value is -1.03. The maximum absolute atomic E-state index is 11.2. The fraction of sp³-hybridized carbons (Fsp3) is 0.455. The first kappa shape index (κ1) is 10.5. The molecule has 0 N–H and O–H groups in total. The Bertz CT molecular complexity index is 429. The smallest absolute Gasteiger partial charge is 0.175 e. The summed E-state index contributed by atoms with van der Waals surface area (Å²) in [6.45, 7) is 0.748. The standard InChI is InChI=1S/C11H14O3S/c1-15(12,13)11-6-4-10(5-7-11)14-8-9-2-3-9/h4-7,9H,2-3,8H2,1H3. The van der Waals surface area contributed by atoms with Crippen molar-refractivity contribution in [2.75, 3.05) is 12.9 Å². The van der Waals surface area contributed by atoms with Crippen molar-refractivity contribution in [3.63, 3.8) is 0 Å². The molecule has 1 aliphatic carbocycles. The highest BCUT2D eigenvalue weighted by molar-refractivity contribution is 7.90. The van der Waals surface area contributed by atoms with Crippen molar-refractivity contribution in [3.05, 3.63) is 24.3 Å². The van der Waals surface area contributed by atoms with Gasteiger partial charge in [0, 0.05) is 6.26 Å². The van der Waals surface area contributed by atoms with Crippen molar-refractivity contribution >= 4 is 9.84 Å². The SMILES string of the molecule is CS(=O)(=O)c1ccc(OCC2CC2)cc1. The third kappa shape index (κ3) is 2.96. The molecule has 0 aliphatic heterocycles. The highest BCUT2D eigenvalue weighted by atomic mass is 32.2. The largest absolute Gasteiger partial charge is 0.493 e. The maximum Gasteiger partial charge on any atom is 0.175 e. The zero-order chi connectivity index (χ0) is 10.9. The quantitative estimate of drug-likeness (QED) is 0.787. The fourth-order valence-corrected chi connectivity index (χ4v) is 1.91. The minimum atomic E-state index is -3.09. The molecule has 1 aromatic carbocycles. The van der Waals surface area contributed by atoms with Crippen LogP contribution in [-0.4, -0.2) is 21.3 Å². The predicted molar refractivity (Wildman–Crippen MR) is 57.8 cm³/mol. The third-order valence-electron chi connectivity index (χ3n) is 2.43. The van der Waals surface area contributed by atoms with Crippen molar-refractivity contribution in [2.45, 2.75) is 17.7 Å². The summed E-state index contributed by atoms with van der Waals surface area (Å²) < 4.78 is 27.9. The zero-order valence-electron chi connectivity index (χ0n) is 8.64. The molecule has 0 atom stereocenters. The van der Waals surface area contributed by atoms with E-state index in [4.69, 9.17) is 4.74 Å². The number of ether oxygens (including phenoxy) is 1. The van der Waals surface area contributed by atoms with Gasteiger partial charge in [0.1, 0.15) is 5.75 Å². The molecular weight excluding hydrogens is 212 g/mol. The molecule has 2 rings (SSSR count). The van der Waals surface area contributed by atoms with Crippen LogP contribution >= 0.6 is 0 Å². The summed E-state index contributed by atoms with van der Waals surface area (Å²) in [7, 11) is -3.09. The van der Waals surface area contributed by atoms with Crippen molar-refractivity contribution in [2.24, 2.45) is 5.92 Å². The monoisotopic (exact) mass is 226 g/mol. The summed E-state index contributed by atoms with van der Waals surface area (Å²) >= 11 is 0. The molecule has 1 fully saturated rings. The molecule has 15 heavy (non-hydrogen) atoms. The van der Waals surface area contributed by atoms with Gasteiger partial charge in [0.15, 0.2) is 9.84 Å². The Balaban J connectivity index is 2.02. The Labute approximate surface area is 90.0 Å². The summed E-state index contributed by atoms with van der Waals surface area (Å²) in [5.74, 6) is 1.45. The second kappa shape index (κ2) is 3.85. The molecule has 4 heteroatoms. The van der Waals surface area contributed by atoms with Crippen LogP contribution in [-0.2, 0) is 9.84 Å². The van der Waals surface area contributed by atoms with E-state index in [1.807, 2.05) is 0 Å². The zero-order valence-corrected chi connectivity index (χ0v) is 9.46. The molecule has 0 bridgehead atoms. The number of hydrogen-bond donors (Lipinski definition) is 0. The van der Waals surface area contributed by atoms with Crippen molar-refractivity contribution in [1.29, 1.82) is 0 Å². The van der Waals surface area contributed by atoms with Crippen LogP contribution in [0, 0.1) is 5.92 Å². The Morgan fingerprint density at radius 2 is 1.87 bits per heavy atom. The Morgan fingerprint density at radius 3 is 2.33 bits per heavy atom. The van der Waals surface area contributed by atoms with Crippen LogP contribution in [0.25, 0.3) is 0 Å². The highest BCUT2D eigenvalue weighted by Gasteiger charge is 2.21. The van der Waals surface area contributed by atoms with Gasteiger partial charge in [0.25, 0.3) is 0 Å². The lowest BCUT2D eigenvalue weighted by Gasteiger charge is -2.05. The molecule has 0 heterocycles. The van der Waals surface area contributed by atoms with Gasteiger partial charge in [-0.3, -0.25) is 0 Å².